The van der Waals surface area contributed by atoms with Crippen molar-refractivity contribution in [2.45, 2.75) is 177 Å². The predicted molar refractivity (Wildman–Crippen MR) is 196 cm³/mol. The van der Waals surface area contributed by atoms with Crippen LogP contribution in [0.4, 0.5) is 0 Å². The van der Waals surface area contributed by atoms with Crippen molar-refractivity contribution >= 4 is 53.0 Å². The fraction of sp³-hybridized carbons (Fsp3) is 0.833. The van der Waals surface area contributed by atoms with Gasteiger partial charge in [-0.15, -0.1) is 0 Å². The quantitative estimate of drug-likeness (QED) is 0.0667. The second-order valence-corrected chi connectivity index (χ2v) is 13.5. The maximum absolute atomic E-state index is 11.3. The molecule has 0 spiro atoms. The summed E-state index contributed by atoms with van der Waals surface area (Å²) in [5.74, 6) is -5.00. The number of hydrogen-bond donors (Lipinski definition) is 3. The van der Waals surface area contributed by atoms with E-state index in [0.717, 1.165) is 0 Å². The summed E-state index contributed by atoms with van der Waals surface area (Å²) in [5, 5.41) is 37.2. The van der Waals surface area contributed by atoms with E-state index in [1.807, 2.05) is 83.1 Å². The van der Waals surface area contributed by atoms with Gasteiger partial charge in [0, 0.05) is 38.5 Å². The Hall–Kier alpha value is -2.89. The SMILES string of the molecule is CC(C)OC(CCC(=O)NCC(=O)[O-])OC(C)C.CC(C)OC(CCC(=O)NCC(=O)[O-])OC(C)C.CC(C)OC(CCC(=O)NCC(=O)[O-])OC(C)C.[Al+3]. The van der Waals surface area contributed by atoms with Gasteiger partial charge in [-0.25, -0.2) is 0 Å². The van der Waals surface area contributed by atoms with Crippen molar-refractivity contribution in [2.24, 2.45) is 0 Å². The molecule has 0 radical (unpaired) electrons. The molecule has 0 atom stereocenters. The van der Waals surface area contributed by atoms with Gasteiger partial charge in [0.15, 0.2) is 18.9 Å². The van der Waals surface area contributed by atoms with Gasteiger partial charge in [-0.2, -0.15) is 0 Å². The van der Waals surface area contributed by atoms with Crippen LogP contribution in [0.2, 0.25) is 0 Å². The fourth-order valence-electron chi connectivity index (χ4n) is 3.85. The Morgan fingerprint density at radius 2 is 0.545 bits per heavy atom. The van der Waals surface area contributed by atoms with E-state index in [0.29, 0.717) is 19.3 Å². The number of amides is 3. The van der Waals surface area contributed by atoms with Crippen molar-refractivity contribution in [1.82, 2.24) is 16.0 Å². The minimum Gasteiger partial charge on any atom is -0.548 e. The summed E-state index contributed by atoms with van der Waals surface area (Å²) in [6.45, 7) is 21.2. The molecule has 0 aliphatic rings. The largest absolute Gasteiger partial charge is 3.00 e. The Labute approximate surface area is 337 Å². The number of carbonyl (C=O) groups is 6. The maximum Gasteiger partial charge on any atom is 3.00 e. The Bertz CT molecular complexity index is 901. The van der Waals surface area contributed by atoms with Crippen LogP contribution in [0.5, 0.6) is 0 Å². The van der Waals surface area contributed by atoms with Gasteiger partial charge < -0.3 is 74.1 Å². The van der Waals surface area contributed by atoms with Gasteiger partial charge in [-0.3, -0.25) is 14.4 Å². The van der Waals surface area contributed by atoms with E-state index in [1.54, 1.807) is 0 Å². The van der Waals surface area contributed by atoms with Crippen LogP contribution < -0.4 is 31.3 Å². The summed E-state index contributed by atoms with van der Waals surface area (Å²) in [4.78, 5) is 64.4. The van der Waals surface area contributed by atoms with Crippen LogP contribution in [-0.4, -0.2) is 128 Å². The molecule has 18 nitrogen and oxygen atoms in total. The number of aliphatic carboxylic acids is 3. The standard InChI is InChI=1S/3C12H23NO5.Al/c3*1-8(2)17-12(18-9(3)4)6-5-10(14)13-7-11(15)16;/h3*8-9,12H,5-7H2,1-4H3,(H,13,14)(H,15,16);/q;;;+3/p-3. The molecule has 0 aromatic carbocycles. The molecule has 0 bridgehead atoms. The molecule has 318 valence electrons. The van der Waals surface area contributed by atoms with E-state index in [1.165, 1.54) is 0 Å². The average molecular weight is 808 g/mol. The van der Waals surface area contributed by atoms with Crippen molar-refractivity contribution in [1.29, 1.82) is 0 Å². The predicted octanol–water partition coefficient (Wildman–Crippen LogP) is -0.954. The zero-order valence-corrected chi connectivity index (χ0v) is 35.9. The van der Waals surface area contributed by atoms with E-state index in [2.05, 4.69) is 16.0 Å². The first kappa shape index (κ1) is 58.8. The summed E-state index contributed by atoms with van der Waals surface area (Å²) in [7, 11) is 0. The third kappa shape index (κ3) is 47.2. The monoisotopic (exact) mass is 807 g/mol. The first-order valence-electron chi connectivity index (χ1n) is 18.3. The van der Waals surface area contributed by atoms with Crippen LogP contribution in [0.15, 0.2) is 0 Å². The van der Waals surface area contributed by atoms with Crippen LogP contribution >= 0.6 is 0 Å². The summed E-state index contributed by atoms with van der Waals surface area (Å²) < 4.78 is 33.0. The summed E-state index contributed by atoms with van der Waals surface area (Å²) >= 11 is 0. The third-order valence-electron chi connectivity index (χ3n) is 5.65. The average Bonchev–Trinajstić information content (AvgIpc) is 3.01. The molecule has 0 aromatic heterocycles. The molecule has 19 heteroatoms. The number of rotatable bonds is 27. The van der Waals surface area contributed by atoms with Gasteiger partial charge in [0.2, 0.25) is 17.7 Å². The first-order valence-corrected chi connectivity index (χ1v) is 18.3. The zero-order valence-electron chi connectivity index (χ0n) is 34.8. The Kier molecular flexibility index (Phi) is 38.0. The van der Waals surface area contributed by atoms with Crippen molar-refractivity contribution in [3.05, 3.63) is 0 Å². The summed E-state index contributed by atoms with van der Waals surface area (Å²) in [6, 6.07) is 0. The van der Waals surface area contributed by atoms with Crippen LogP contribution in [0, 0.1) is 0 Å². The first-order chi connectivity index (χ1) is 24.9. The van der Waals surface area contributed by atoms with Crippen molar-refractivity contribution in [3.63, 3.8) is 0 Å². The molecule has 3 N–H and O–H groups in total. The minimum atomic E-state index is -1.31. The Morgan fingerprint density at radius 1 is 0.382 bits per heavy atom. The molecular formula is C36H66AlN3O15. The number of hydrogen-bond acceptors (Lipinski definition) is 15. The molecule has 55 heavy (non-hydrogen) atoms. The van der Waals surface area contributed by atoms with E-state index >= 15 is 0 Å². The molecule has 0 aliphatic heterocycles. The fourth-order valence-corrected chi connectivity index (χ4v) is 3.85. The van der Waals surface area contributed by atoms with Crippen molar-refractivity contribution < 1.29 is 72.5 Å². The van der Waals surface area contributed by atoms with E-state index in [4.69, 9.17) is 28.4 Å². The summed E-state index contributed by atoms with van der Waals surface area (Å²) in [5.41, 5.74) is 0. The topological polar surface area (TPSA) is 263 Å². The molecule has 0 heterocycles. The normalized spacial score (nSPS) is 11.1. The number of carbonyl (C=O) groups excluding carboxylic acids is 6. The van der Waals surface area contributed by atoms with Gasteiger partial charge in [-0.05, 0) is 83.1 Å². The molecular weight excluding hydrogens is 741 g/mol. The third-order valence-corrected chi connectivity index (χ3v) is 5.65. The van der Waals surface area contributed by atoms with Gasteiger partial charge in [0.05, 0.1) is 74.2 Å². The smallest absolute Gasteiger partial charge is 0.548 e. The zero-order chi connectivity index (χ0) is 42.4. The summed E-state index contributed by atoms with van der Waals surface area (Å²) in [6.07, 6.45) is 0.225. The van der Waals surface area contributed by atoms with Crippen molar-refractivity contribution in [2.75, 3.05) is 19.6 Å². The van der Waals surface area contributed by atoms with Crippen LogP contribution in [-0.2, 0) is 57.2 Å². The Balaban J connectivity index is -0.000000351. The van der Waals surface area contributed by atoms with Crippen LogP contribution in [0.1, 0.15) is 122 Å². The number of ether oxygens (including phenoxy) is 6. The molecule has 0 rings (SSSR count). The van der Waals surface area contributed by atoms with E-state index < -0.39 is 56.4 Å². The molecule has 0 fully saturated rings. The molecule has 0 saturated heterocycles. The Morgan fingerprint density at radius 3 is 0.673 bits per heavy atom. The van der Waals surface area contributed by atoms with Gasteiger partial charge in [0.1, 0.15) is 0 Å². The van der Waals surface area contributed by atoms with Gasteiger partial charge in [-0.1, -0.05) is 0 Å². The van der Waals surface area contributed by atoms with Gasteiger partial charge in [0.25, 0.3) is 0 Å². The maximum atomic E-state index is 11.3. The van der Waals surface area contributed by atoms with E-state index in [9.17, 15) is 44.1 Å². The molecule has 0 unspecified atom stereocenters. The molecule has 0 aromatic rings. The van der Waals surface area contributed by atoms with Gasteiger partial charge >= 0.3 is 17.4 Å². The number of carboxylic acids is 3. The second-order valence-electron chi connectivity index (χ2n) is 13.5. The van der Waals surface area contributed by atoms with E-state index in [-0.39, 0.29) is 91.0 Å². The second kappa shape index (κ2) is 35.5. The molecule has 0 aliphatic carbocycles. The minimum absolute atomic E-state index is 0. The molecule has 3 amide bonds. The van der Waals surface area contributed by atoms with Crippen LogP contribution in [0.25, 0.3) is 0 Å². The van der Waals surface area contributed by atoms with Crippen LogP contribution in [0.3, 0.4) is 0 Å². The number of nitrogens with one attached hydrogen (secondary N) is 3. The molecule has 0 saturated carbocycles. The number of carboxylic acid groups (broad SMARTS) is 3. The van der Waals surface area contributed by atoms with Crippen molar-refractivity contribution in [3.8, 4) is 0 Å².